The van der Waals surface area contributed by atoms with Gasteiger partial charge in [0.2, 0.25) is 0 Å². The lowest BCUT2D eigenvalue weighted by Crippen LogP contribution is -2.40. The number of thiazole rings is 1. The maximum Gasteiger partial charge on any atom is 0.338 e. The fourth-order valence-corrected chi connectivity index (χ4v) is 6.80. The molecule has 3 aromatic carbocycles. The number of esters is 1. The molecule has 0 unspecified atom stereocenters. The molecule has 1 saturated heterocycles. The largest absolute Gasteiger partial charge is 0.497 e. The molecule has 0 aliphatic carbocycles. The summed E-state index contributed by atoms with van der Waals surface area (Å²) >= 11 is 1.33. The van der Waals surface area contributed by atoms with Gasteiger partial charge in [0.05, 0.1) is 35.6 Å². The van der Waals surface area contributed by atoms with Gasteiger partial charge in [0, 0.05) is 24.3 Å². The molecule has 0 spiro atoms. The molecule has 0 N–H and O–H groups in total. The Labute approximate surface area is 248 Å². The van der Waals surface area contributed by atoms with Gasteiger partial charge in [-0.15, -0.1) is 0 Å². The number of methoxy groups -OCH3 is 1. The van der Waals surface area contributed by atoms with Crippen molar-refractivity contribution in [1.29, 1.82) is 0 Å². The van der Waals surface area contributed by atoms with Crippen molar-refractivity contribution in [2.75, 3.05) is 31.7 Å². The van der Waals surface area contributed by atoms with Crippen molar-refractivity contribution >= 4 is 34.8 Å². The van der Waals surface area contributed by atoms with Gasteiger partial charge in [0.15, 0.2) is 4.80 Å². The molecule has 0 amide bonds. The second kappa shape index (κ2) is 11.8. The third-order valence-electron chi connectivity index (χ3n) is 7.75. The van der Waals surface area contributed by atoms with Crippen LogP contribution in [0.5, 0.6) is 5.75 Å². The summed E-state index contributed by atoms with van der Waals surface area (Å²) in [6.07, 6.45) is 4.36. The molecule has 3 heterocycles. The van der Waals surface area contributed by atoms with E-state index in [4.69, 9.17) is 14.5 Å². The van der Waals surface area contributed by atoms with Crippen molar-refractivity contribution in [1.82, 2.24) is 4.57 Å². The molecule has 6 rings (SSSR count). The van der Waals surface area contributed by atoms with Gasteiger partial charge in [-0.05, 0) is 73.7 Å². The molecule has 1 atom stereocenters. The Kier molecular flexibility index (Phi) is 7.80. The van der Waals surface area contributed by atoms with Crippen molar-refractivity contribution in [3.05, 3.63) is 120 Å². The monoisotopic (exact) mass is 579 g/mol. The van der Waals surface area contributed by atoms with Crippen LogP contribution in [0, 0.1) is 6.92 Å². The smallest absolute Gasteiger partial charge is 0.338 e. The van der Waals surface area contributed by atoms with Crippen LogP contribution < -0.4 is 24.5 Å². The minimum Gasteiger partial charge on any atom is -0.497 e. The number of carbonyl (C=O) groups excluding carboxylic acids is 1. The molecular formula is C34H33N3O4S. The van der Waals surface area contributed by atoms with E-state index in [-0.39, 0.29) is 12.2 Å². The van der Waals surface area contributed by atoms with Crippen LogP contribution in [-0.4, -0.2) is 37.3 Å². The Hall–Kier alpha value is -4.43. The van der Waals surface area contributed by atoms with Crippen molar-refractivity contribution in [2.24, 2.45) is 4.99 Å². The average molecular weight is 580 g/mol. The summed E-state index contributed by atoms with van der Waals surface area (Å²) in [5.41, 5.74) is 5.51. The Balaban J connectivity index is 1.56. The van der Waals surface area contributed by atoms with Crippen LogP contribution >= 0.6 is 11.3 Å². The first-order valence-corrected chi connectivity index (χ1v) is 15.1. The lowest BCUT2D eigenvalue weighted by Gasteiger charge is -2.26. The fraction of sp³-hybridized carbons (Fsp3) is 0.265. The SMILES string of the molecule is CCOC(=O)C1=C(c2ccccc2)N=c2s/c(=C/c3ccc(N4CCCC4)c(C)c3)c(=O)n2[C@@H]1c1cccc(OC)c1. The molecular weight excluding hydrogens is 546 g/mol. The number of hydrogen-bond donors (Lipinski definition) is 0. The van der Waals surface area contributed by atoms with Crippen LogP contribution in [0.2, 0.25) is 0 Å². The summed E-state index contributed by atoms with van der Waals surface area (Å²) in [7, 11) is 1.60. The lowest BCUT2D eigenvalue weighted by molar-refractivity contribution is -0.138. The van der Waals surface area contributed by atoms with Gasteiger partial charge in [-0.1, -0.05) is 59.9 Å². The van der Waals surface area contributed by atoms with E-state index >= 15 is 0 Å². The second-order valence-corrected chi connectivity index (χ2v) is 11.5. The predicted molar refractivity (Wildman–Crippen MR) is 167 cm³/mol. The van der Waals surface area contributed by atoms with Gasteiger partial charge < -0.3 is 14.4 Å². The molecule has 0 bridgehead atoms. The molecule has 214 valence electrons. The zero-order chi connectivity index (χ0) is 29.2. The summed E-state index contributed by atoms with van der Waals surface area (Å²) in [6, 6.07) is 22.6. The van der Waals surface area contributed by atoms with E-state index in [1.54, 1.807) is 18.6 Å². The zero-order valence-electron chi connectivity index (χ0n) is 24.0. The zero-order valence-corrected chi connectivity index (χ0v) is 24.8. The molecule has 2 aliphatic rings. The van der Waals surface area contributed by atoms with Crippen molar-refractivity contribution in [3.63, 3.8) is 0 Å². The topological polar surface area (TPSA) is 73.1 Å². The Morgan fingerprint density at radius 3 is 2.55 bits per heavy atom. The Morgan fingerprint density at radius 2 is 1.83 bits per heavy atom. The number of carbonyl (C=O) groups is 1. The number of benzene rings is 3. The normalized spacial score (nSPS) is 16.8. The predicted octanol–water partition coefficient (Wildman–Crippen LogP) is 4.85. The first kappa shape index (κ1) is 27.7. The first-order chi connectivity index (χ1) is 20.5. The highest BCUT2D eigenvalue weighted by molar-refractivity contribution is 7.07. The van der Waals surface area contributed by atoms with Gasteiger partial charge in [-0.2, -0.15) is 0 Å². The highest BCUT2D eigenvalue weighted by Crippen LogP contribution is 2.36. The van der Waals surface area contributed by atoms with Crippen LogP contribution in [-0.2, 0) is 9.53 Å². The van der Waals surface area contributed by atoms with Crippen LogP contribution in [0.15, 0.2) is 88.2 Å². The van der Waals surface area contributed by atoms with E-state index in [0.29, 0.717) is 26.4 Å². The summed E-state index contributed by atoms with van der Waals surface area (Å²) in [5, 5.41) is 0. The van der Waals surface area contributed by atoms with Crippen LogP contribution in [0.25, 0.3) is 11.8 Å². The standard InChI is InChI=1S/C34H33N3O4S/c1-4-41-33(39)29-30(24-11-6-5-7-12-24)35-34-37(31(29)25-13-10-14-26(21-25)40-3)32(38)28(42-34)20-23-15-16-27(22(2)19-23)36-17-8-9-18-36/h5-7,10-16,19-21,31H,4,8-9,17-18H2,1-3H3/b28-20+/t31-/m1/s1. The van der Waals surface area contributed by atoms with Crippen molar-refractivity contribution in [3.8, 4) is 5.75 Å². The van der Waals surface area contributed by atoms with Crippen LogP contribution in [0.1, 0.15) is 48.1 Å². The number of hydrogen-bond acceptors (Lipinski definition) is 7. The second-order valence-electron chi connectivity index (χ2n) is 10.4. The summed E-state index contributed by atoms with van der Waals surface area (Å²) in [5.74, 6) is 0.125. The lowest BCUT2D eigenvalue weighted by atomic mass is 9.93. The Bertz CT molecular complexity index is 1850. The molecule has 4 aromatic rings. The molecule has 1 aromatic heterocycles. The Morgan fingerprint density at radius 1 is 1.05 bits per heavy atom. The van der Waals surface area contributed by atoms with Gasteiger partial charge >= 0.3 is 5.97 Å². The third kappa shape index (κ3) is 5.18. The van der Waals surface area contributed by atoms with E-state index in [2.05, 4.69) is 30.0 Å². The van der Waals surface area contributed by atoms with E-state index < -0.39 is 12.0 Å². The van der Waals surface area contributed by atoms with Crippen molar-refractivity contribution < 1.29 is 14.3 Å². The van der Waals surface area contributed by atoms with Crippen LogP contribution in [0.4, 0.5) is 5.69 Å². The molecule has 2 aliphatic heterocycles. The maximum atomic E-state index is 14.2. The number of fused-ring (bicyclic) bond motifs is 1. The summed E-state index contributed by atoms with van der Waals surface area (Å²) < 4.78 is 13.2. The highest BCUT2D eigenvalue weighted by atomic mass is 32.1. The molecule has 0 saturated carbocycles. The van der Waals surface area contributed by atoms with E-state index in [0.717, 1.165) is 29.8 Å². The van der Waals surface area contributed by atoms with Crippen molar-refractivity contribution in [2.45, 2.75) is 32.7 Å². The van der Waals surface area contributed by atoms with E-state index in [9.17, 15) is 9.59 Å². The maximum absolute atomic E-state index is 14.2. The van der Waals surface area contributed by atoms with Gasteiger partial charge in [-0.25, -0.2) is 9.79 Å². The molecule has 0 radical (unpaired) electrons. The van der Waals surface area contributed by atoms with E-state index in [1.165, 1.54) is 35.4 Å². The number of nitrogens with zero attached hydrogens (tertiary/aromatic N) is 3. The molecule has 42 heavy (non-hydrogen) atoms. The molecule has 1 fully saturated rings. The number of aryl methyl sites for hydroxylation is 1. The third-order valence-corrected chi connectivity index (χ3v) is 8.73. The number of ether oxygens (including phenoxy) is 2. The number of anilines is 1. The van der Waals surface area contributed by atoms with E-state index in [1.807, 2.05) is 60.7 Å². The van der Waals surface area contributed by atoms with Gasteiger partial charge in [-0.3, -0.25) is 9.36 Å². The minimum absolute atomic E-state index is 0.201. The van der Waals surface area contributed by atoms with Gasteiger partial charge in [0.25, 0.3) is 5.56 Å². The van der Waals surface area contributed by atoms with Crippen LogP contribution in [0.3, 0.4) is 0 Å². The average Bonchev–Trinajstić information content (AvgIpc) is 3.65. The quantitative estimate of drug-likeness (QED) is 0.293. The molecule has 8 heteroatoms. The number of aromatic nitrogens is 1. The number of rotatable bonds is 7. The highest BCUT2D eigenvalue weighted by Gasteiger charge is 2.35. The van der Waals surface area contributed by atoms with Gasteiger partial charge in [0.1, 0.15) is 5.75 Å². The first-order valence-electron chi connectivity index (χ1n) is 14.3. The summed E-state index contributed by atoms with van der Waals surface area (Å²) in [4.78, 5) is 35.6. The summed E-state index contributed by atoms with van der Waals surface area (Å²) in [6.45, 7) is 6.25. The fourth-order valence-electron chi connectivity index (χ4n) is 5.80. The minimum atomic E-state index is -0.743. The molecule has 7 nitrogen and oxygen atoms in total.